The van der Waals surface area contributed by atoms with Crippen LogP contribution in [-0.4, -0.2) is 19.7 Å². The molecule has 19 heavy (non-hydrogen) atoms. The zero-order valence-corrected chi connectivity index (χ0v) is 11.9. The van der Waals surface area contributed by atoms with Gasteiger partial charge >= 0.3 is 0 Å². The Morgan fingerprint density at radius 3 is 2.89 bits per heavy atom. The van der Waals surface area contributed by atoms with E-state index in [1.54, 1.807) is 6.20 Å². The van der Waals surface area contributed by atoms with Crippen molar-refractivity contribution in [3.63, 3.8) is 0 Å². The highest BCUT2D eigenvalue weighted by molar-refractivity contribution is 9.10. The Morgan fingerprint density at radius 1 is 1.21 bits per heavy atom. The van der Waals surface area contributed by atoms with Gasteiger partial charge in [-0.3, -0.25) is 0 Å². The van der Waals surface area contributed by atoms with Gasteiger partial charge in [-0.2, -0.15) is 5.10 Å². The first-order valence-electron chi connectivity index (χ1n) is 5.82. The second-order valence-corrected chi connectivity index (χ2v) is 5.01. The Bertz CT molecular complexity index is 706. The van der Waals surface area contributed by atoms with Gasteiger partial charge < -0.3 is 0 Å². The molecule has 2 heterocycles. The van der Waals surface area contributed by atoms with Gasteiger partial charge in [-0.1, -0.05) is 22.0 Å². The summed E-state index contributed by atoms with van der Waals surface area (Å²) in [6.45, 7) is 2.06. The van der Waals surface area contributed by atoms with Crippen LogP contribution in [0.5, 0.6) is 0 Å². The number of hydrogen-bond acceptors (Lipinski definition) is 3. The molecule has 3 rings (SSSR count). The molecular formula is C14H11BrN4. The van der Waals surface area contributed by atoms with Crippen molar-refractivity contribution in [2.45, 2.75) is 6.92 Å². The predicted octanol–water partition coefficient (Wildman–Crippen LogP) is 3.40. The second kappa shape index (κ2) is 4.93. The average Bonchev–Trinajstić information content (AvgIpc) is 2.92. The van der Waals surface area contributed by atoms with Crippen molar-refractivity contribution in [2.24, 2.45) is 0 Å². The molecule has 0 spiro atoms. The molecule has 0 saturated carbocycles. The van der Waals surface area contributed by atoms with Crippen molar-refractivity contribution in [3.05, 3.63) is 59.2 Å². The minimum atomic E-state index is 0.869. The lowest BCUT2D eigenvalue weighted by molar-refractivity contribution is 0.871. The third kappa shape index (κ3) is 2.29. The van der Waals surface area contributed by atoms with Crippen molar-refractivity contribution in [1.82, 2.24) is 19.7 Å². The first-order valence-corrected chi connectivity index (χ1v) is 6.61. The van der Waals surface area contributed by atoms with E-state index in [0.717, 1.165) is 27.0 Å². The molecule has 0 aliphatic heterocycles. The van der Waals surface area contributed by atoms with E-state index in [-0.39, 0.29) is 0 Å². The van der Waals surface area contributed by atoms with Crippen LogP contribution in [0.4, 0.5) is 0 Å². The minimum absolute atomic E-state index is 0.869. The van der Waals surface area contributed by atoms with Gasteiger partial charge in [-0.25, -0.2) is 14.6 Å². The SMILES string of the molecule is Cc1c(Br)cccc1-n1cc(-c2ccncn2)cn1. The normalized spacial score (nSPS) is 10.6. The van der Waals surface area contributed by atoms with Crippen LogP contribution in [0.15, 0.2) is 53.7 Å². The van der Waals surface area contributed by atoms with Gasteiger partial charge in [-0.05, 0) is 30.7 Å². The number of aromatic nitrogens is 4. The van der Waals surface area contributed by atoms with Gasteiger partial charge in [0.25, 0.3) is 0 Å². The maximum Gasteiger partial charge on any atom is 0.116 e. The van der Waals surface area contributed by atoms with Gasteiger partial charge in [0.2, 0.25) is 0 Å². The average molecular weight is 315 g/mol. The lowest BCUT2D eigenvalue weighted by Gasteiger charge is -2.06. The molecule has 0 radical (unpaired) electrons. The molecule has 0 N–H and O–H groups in total. The van der Waals surface area contributed by atoms with Crippen molar-refractivity contribution >= 4 is 15.9 Å². The lowest BCUT2D eigenvalue weighted by Crippen LogP contribution is -1.97. The van der Waals surface area contributed by atoms with Crippen LogP contribution in [0, 0.1) is 6.92 Å². The molecule has 0 aliphatic rings. The number of halogens is 1. The molecule has 0 saturated heterocycles. The van der Waals surface area contributed by atoms with Crippen molar-refractivity contribution < 1.29 is 0 Å². The Balaban J connectivity index is 2.05. The summed E-state index contributed by atoms with van der Waals surface area (Å²) >= 11 is 3.53. The summed E-state index contributed by atoms with van der Waals surface area (Å²) in [5, 5.41) is 4.40. The smallest absolute Gasteiger partial charge is 0.116 e. The molecule has 2 aromatic heterocycles. The highest BCUT2D eigenvalue weighted by atomic mass is 79.9. The van der Waals surface area contributed by atoms with Crippen molar-refractivity contribution in [3.8, 4) is 16.9 Å². The van der Waals surface area contributed by atoms with E-state index in [1.807, 2.05) is 41.3 Å². The van der Waals surface area contributed by atoms with Crippen LogP contribution < -0.4 is 0 Å². The molecule has 0 bridgehead atoms. The van der Waals surface area contributed by atoms with Crippen molar-refractivity contribution in [2.75, 3.05) is 0 Å². The Hall–Kier alpha value is -2.01. The molecule has 1 aromatic carbocycles. The summed E-state index contributed by atoms with van der Waals surface area (Å²) in [6.07, 6.45) is 7.04. The van der Waals surface area contributed by atoms with E-state index in [1.165, 1.54) is 6.33 Å². The van der Waals surface area contributed by atoms with Crippen LogP contribution in [0.25, 0.3) is 16.9 Å². The van der Waals surface area contributed by atoms with Gasteiger partial charge in [-0.15, -0.1) is 0 Å². The zero-order chi connectivity index (χ0) is 13.2. The number of hydrogen-bond donors (Lipinski definition) is 0. The minimum Gasteiger partial charge on any atom is -0.245 e. The molecule has 94 valence electrons. The third-order valence-electron chi connectivity index (χ3n) is 2.95. The lowest BCUT2D eigenvalue weighted by atomic mass is 10.2. The molecule has 4 nitrogen and oxygen atoms in total. The van der Waals surface area contributed by atoms with Gasteiger partial charge in [0.15, 0.2) is 0 Å². The largest absolute Gasteiger partial charge is 0.245 e. The van der Waals surface area contributed by atoms with E-state index >= 15 is 0 Å². The summed E-state index contributed by atoms with van der Waals surface area (Å²) in [5.41, 5.74) is 4.05. The summed E-state index contributed by atoms with van der Waals surface area (Å²) in [4.78, 5) is 8.14. The highest BCUT2D eigenvalue weighted by Crippen LogP contribution is 2.24. The quantitative estimate of drug-likeness (QED) is 0.728. The molecule has 5 heteroatoms. The molecule has 0 atom stereocenters. The Morgan fingerprint density at radius 2 is 2.11 bits per heavy atom. The number of benzene rings is 1. The molecule has 3 aromatic rings. The Kier molecular flexibility index (Phi) is 3.13. The van der Waals surface area contributed by atoms with Crippen LogP contribution in [0.2, 0.25) is 0 Å². The van der Waals surface area contributed by atoms with Crippen LogP contribution >= 0.6 is 15.9 Å². The highest BCUT2D eigenvalue weighted by Gasteiger charge is 2.07. The summed E-state index contributed by atoms with van der Waals surface area (Å²) in [7, 11) is 0. The Labute approximate surface area is 119 Å². The summed E-state index contributed by atoms with van der Waals surface area (Å²) < 4.78 is 2.93. The topological polar surface area (TPSA) is 43.6 Å². The maximum absolute atomic E-state index is 4.40. The predicted molar refractivity (Wildman–Crippen MR) is 77.0 cm³/mol. The monoisotopic (exact) mass is 314 g/mol. The molecule has 0 amide bonds. The molecule has 0 aliphatic carbocycles. The van der Waals surface area contributed by atoms with E-state index in [0.29, 0.717) is 0 Å². The van der Waals surface area contributed by atoms with E-state index < -0.39 is 0 Å². The van der Waals surface area contributed by atoms with E-state index in [4.69, 9.17) is 0 Å². The third-order valence-corrected chi connectivity index (χ3v) is 3.81. The van der Waals surface area contributed by atoms with E-state index in [9.17, 15) is 0 Å². The van der Waals surface area contributed by atoms with Gasteiger partial charge in [0, 0.05) is 22.4 Å². The fourth-order valence-electron chi connectivity index (χ4n) is 1.89. The van der Waals surface area contributed by atoms with Crippen LogP contribution in [0.3, 0.4) is 0 Å². The van der Waals surface area contributed by atoms with Gasteiger partial charge in [0.05, 0.1) is 17.6 Å². The first kappa shape index (κ1) is 12.0. The second-order valence-electron chi connectivity index (χ2n) is 4.15. The van der Waals surface area contributed by atoms with Crippen molar-refractivity contribution in [1.29, 1.82) is 0 Å². The summed E-state index contributed by atoms with van der Waals surface area (Å²) in [6, 6.07) is 7.93. The van der Waals surface area contributed by atoms with Gasteiger partial charge in [0.1, 0.15) is 6.33 Å². The fraction of sp³-hybridized carbons (Fsp3) is 0.0714. The number of rotatable bonds is 2. The van der Waals surface area contributed by atoms with Crippen LogP contribution in [0.1, 0.15) is 5.56 Å². The maximum atomic E-state index is 4.40. The first-order chi connectivity index (χ1) is 9.25. The van der Waals surface area contributed by atoms with Crippen LogP contribution in [-0.2, 0) is 0 Å². The zero-order valence-electron chi connectivity index (χ0n) is 10.3. The molecule has 0 unspecified atom stereocenters. The van der Waals surface area contributed by atoms with E-state index in [2.05, 4.69) is 37.9 Å². The molecular weight excluding hydrogens is 304 g/mol. The summed E-state index contributed by atoms with van der Waals surface area (Å²) in [5.74, 6) is 0. The molecule has 0 fully saturated rings. The standard InChI is InChI=1S/C14H11BrN4/c1-10-12(15)3-2-4-14(10)19-8-11(7-18-19)13-5-6-16-9-17-13/h2-9H,1H3. The fourth-order valence-corrected chi connectivity index (χ4v) is 2.25. The number of nitrogens with zero attached hydrogens (tertiary/aromatic N) is 4.